The van der Waals surface area contributed by atoms with Crippen molar-refractivity contribution >= 4 is 5.97 Å². The number of hydrogen-bond acceptors (Lipinski definition) is 3. The second kappa shape index (κ2) is 2.74. The van der Waals surface area contributed by atoms with E-state index in [1.54, 1.807) is 12.4 Å². The molecule has 0 atom stereocenters. The summed E-state index contributed by atoms with van der Waals surface area (Å²) in [5.41, 5.74) is 0.493. The average molecular weight is 178 g/mol. The zero-order valence-electron chi connectivity index (χ0n) is 6.48. The molecule has 0 saturated heterocycles. The second-order valence-corrected chi connectivity index (χ2v) is 2.40. The molecule has 6 nitrogen and oxygen atoms in total. The number of aromatic nitrogens is 4. The molecule has 13 heavy (non-hydrogen) atoms. The third-order valence-corrected chi connectivity index (χ3v) is 1.60. The van der Waals surface area contributed by atoms with E-state index in [1.165, 1.54) is 6.20 Å². The standard InChI is InChI=1S/C7H6N4O2/c12-7(13)4-3-10-11-5(4)6-8-1-2-9-6/h1-3H,(H,8,9)(H,10,11)(H,12,13). The monoisotopic (exact) mass is 178 g/mol. The van der Waals surface area contributed by atoms with Gasteiger partial charge in [-0.3, -0.25) is 5.10 Å². The predicted octanol–water partition coefficient (Wildman–Crippen LogP) is 0.498. The van der Waals surface area contributed by atoms with Gasteiger partial charge in [-0.05, 0) is 0 Å². The number of nitrogens with zero attached hydrogens (tertiary/aromatic N) is 2. The Morgan fingerprint density at radius 2 is 2.38 bits per heavy atom. The largest absolute Gasteiger partial charge is 0.478 e. The second-order valence-electron chi connectivity index (χ2n) is 2.40. The average Bonchev–Trinajstić information content (AvgIpc) is 2.74. The fourth-order valence-corrected chi connectivity index (χ4v) is 1.03. The Balaban J connectivity index is 2.52. The summed E-state index contributed by atoms with van der Waals surface area (Å²) in [4.78, 5) is 17.4. The van der Waals surface area contributed by atoms with Crippen molar-refractivity contribution in [3.05, 3.63) is 24.2 Å². The van der Waals surface area contributed by atoms with Crippen LogP contribution in [-0.4, -0.2) is 31.2 Å². The molecule has 0 radical (unpaired) electrons. The minimum Gasteiger partial charge on any atom is -0.478 e. The summed E-state index contributed by atoms with van der Waals surface area (Å²) in [5.74, 6) is -0.560. The molecule has 3 N–H and O–H groups in total. The molecule has 0 aliphatic carbocycles. The number of H-pyrrole nitrogens is 2. The van der Waals surface area contributed by atoms with Crippen LogP contribution in [0.25, 0.3) is 11.5 Å². The van der Waals surface area contributed by atoms with Crippen LogP contribution < -0.4 is 0 Å². The van der Waals surface area contributed by atoms with Crippen molar-refractivity contribution in [3.63, 3.8) is 0 Å². The summed E-state index contributed by atoms with van der Waals surface area (Å²) in [6, 6.07) is 0. The Morgan fingerprint density at radius 3 is 3.00 bits per heavy atom. The molecule has 66 valence electrons. The Morgan fingerprint density at radius 1 is 1.54 bits per heavy atom. The van der Waals surface area contributed by atoms with Crippen LogP contribution in [0, 0.1) is 0 Å². The smallest absolute Gasteiger partial charge is 0.339 e. The number of rotatable bonds is 2. The number of carboxylic acid groups (broad SMARTS) is 1. The number of aromatic carboxylic acids is 1. The van der Waals surface area contributed by atoms with Crippen molar-refractivity contribution in [3.8, 4) is 11.5 Å². The van der Waals surface area contributed by atoms with Gasteiger partial charge in [0, 0.05) is 12.4 Å². The maximum atomic E-state index is 10.7. The first-order valence-electron chi connectivity index (χ1n) is 3.55. The predicted molar refractivity (Wildman–Crippen MR) is 43.1 cm³/mol. The summed E-state index contributed by atoms with van der Waals surface area (Å²) < 4.78 is 0. The van der Waals surface area contributed by atoms with E-state index in [0.717, 1.165) is 0 Å². The third kappa shape index (κ3) is 1.18. The first-order valence-corrected chi connectivity index (χ1v) is 3.55. The molecule has 0 bridgehead atoms. The van der Waals surface area contributed by atoms with Crippen molar-refractivity contribution in [1.82, 2.24) is 20.2 Å². The van der Waals surface area contributed by atoms with Gasteiger partial charge in [0.05, 0.1) is 6.20 Å². The summed E-state index contributed by atoms with van der Waals surface area (Å²) in [6.07, 6.45) is 4.41. The van der Waals surface area contributed by atoms with Gasteiger partial charge in [-0.1, -0.05) is 0 Å². The molecular formula is C7H6N4O2. The lowest BCUT2D eigenvalue weighted by molar-refractivity contribution is 0.0697. The summed E-state index contributed by atoms with van der Waals surface area (Å²) in [5, 5.41) is 15.0. The minimum absolute atomic E-state index is 0.106. The van der Waals surface area contributed by atoms with Gasteiger partial charge in [-0.25, -0.2) is 9.78 Å². The molecule has 0 spiro atoms. The van der Waals surface area contributed by atoms with Crippen LogP contribution >= 0.6 is 0 Å². The van der Waals surface area contributed by atoms with Crippen LogP contribution in [0.1, 0.15) is 10.4 Å². The van der Waals surface area contributed by atoms with Gasteiger partial charge in [-0.2, -0.15) is 5.10 Å². The number of hydrogen-bond donors (Lipinski definition) is 3. The molecule has 2 heterocycles. The van der Waals surface area contributed by atoms with Gasteiger partial charge in [0.15, 0.2) is 5.82 Å². The van der Waals surface area contributed by atoms with Crippen LogP contribution in [0.4, 0.5) is 0 Å². The van der Waals surface area contributed by atoms with Gasteiger partial charge < -0.3 is 10.1 Å². The van der Waals surface area contributed by atoms with Crippen LogP contribution in [0.15, 0.2) is 18.6 Å². The molecular weight excluding hydrogens is 172 g/mol. The fourth-order valence-electron chi connectivity index (χ4n) is 1.03. The van der Waals surface area contributed by atoms with E-state index in [1.807, 2.05) is 0 Å². The molecule has 2 aromatic rings. The third-order valence-electron chi connectivity index (χ3n) is 1.60. The van der Waals surface area contributed by atoms with E-state index in [-0.39, 0.29) is 5.56 Å². The summed E-state index contributed by atoms with van der Waals surface area (Å²) in [6.45, 7) is 0. The van der Waals surface area contributed by atoms with E-state index >= 15 is 0 Å². The molecule has 0 fully saturated rings. The van der Waals surface area contributed by atoms with E-state index < -0.39 is 5.97 Å². The molecule has 0 amide bonds. The van der Waals surface area contributed by atoms with E-state index in [0.29, 0.717) is 11.5 Å². The van der Waals surface area contributed by atoms with Crippen LogP contribution in [-0.2, 0) is 0 Å². The zero-order chi connectivity index (χ0) is 9.26. The molecule has 6 heteroatoms. The van der Waals surface area contributed by atoms with Gasteiger partial charge in [0.25, 0.3) is 0 Å². The Hall–Kier alpha value is -2.11. The van der Waals surface area contributed by atoms with E-state index in [4.69, 9.17) is 5.11 Å². The van der Waals surface area contributed by atoms with Crippen molar-refractivity contribution in [1.29, 1.82) is 0 Å². The van der Waals surface area contributed by atoms with Gasteiger partial charge >= 0.3 is 5.97 Å². The number of carbonyl (C=O) groups is 1. The lowest BCUT2D eigenvalue weighted by Crippen LogP contribution is -1.97. The van der Waals surface area contributed by atoms with Crippen LogP contribution in [0.2, 0.25) is 0 Å². The zero-order valence-corrected chi connectivity index (χ0v) is 6.48. The molecule has 2 rings (SSSR count). The Labute approximate surface area is 72.6 Å². The maximum absolute atomic E-state index is 10.7. The highest BCUT2D eigenvalue weighted by molar-refractivity contribution is 5.93. The van der Waals surface area contributed by atoms with Crippen molar-refractivity contribution < 1.29 is 9.90 Å². The quantitative estimate of drug-likeness (QED) is 0.623. The van der Waals surface area contributed by atoms with Gasteiger partial charge in [0.1, 0.15) is 11.3 Å². The fraction of sp³-hybridized carbons (Fsp3) is 0. The number of nitrogens with one attached hydrogen (secondary N) is 2. The maximum Gasteiger partial charge on any atom is 0.339 e. The Bertz CT molecular complexity index is 417. The van der Waals surface area contributed by atoms with E-state index in [2.05, 4.69) is 20.2 Å². The first-order chi connectivity index (χ1) is 6.29. The van der Waals surface area contributed by atoms with E-state index in [9.17, 15) is 4.79 Å². The molecule has 0 aliphatic rings. The molecule has 0 saturated carbocycles. The Kier molecular flexibility index (Phi) is 1.59. The summed E-state index contributed by atoms with van der Waals surface area (Å²) >= 11 is 0. The SMILES string of the molecule is O=C(O)c1cn[nH]c1-c1ncc[nH]1. The molecule has 0 aliphatic heterocycles. The van der Waals surface area contributed by atoms with Crippen molar-refractivity contribution in [2.45, 2.75) is 0 Å². The first kappa shape index (κ1) is 7.53. The number of carboxylic acids is 1. The summed E-state index contributed by atoms with van der Waals surface area (Å²) in [7, 11) is 0. The highest BCUT2D eigenvalue weighted by Gasteiger charge is 2.14. The van der Waals surface area contributed by atoms with Gasteiger partial charge in [0.2, 0.25) is 0 Å². The lowest BCUT2D eigenvalue weighted by atomic mass is 10.2. The van der Waals surface area contributed by atoms with Gasteiger partial charge in [-0.15, -0.1) is 0 Å². The normalized spacial score (nSPS) is 10.2. The highest BCUT2D eigenvalue weighted by atomic mass is 16.4. The lowest BCUT2D eigenvalue weighted by Gasteiger charge is -1.92. The highest BCUT2D eigenvalue weighted by Crippen LogP contribution is 2.15. The van der Waals surface area contributed by atoms with Crippen molar-refractivity contribution in [2.75, 3.05) is 0 Å². The number of imidazole rings is 1. The minimum atomic E-state index is -1.03. The molecule has 0 aromatic carbocycles. The molecule has 2 aromatic heterocycles. The van der Waals surface area contributed by atoms with Crippen LogP contribution in [0.5, 0.6) is 0 Å². The van der Waals surface area contributed by atoms with Crippen molar-refractivity contribution in [2.24, 2.45) is 0 Å². The molecule has 0 unspecified atom stereocenters. The topological polar surface area (TPSA) is 94.7 Å². The van der Waals surface area contributed by atoms with Crippen LogP contribution in [0.3, 0.4) is 0 Å². The number of aromatic amines is 2.